The van der Waals surface area contributed by atoms with Crippen LogP contribution in [-0.2, 0) is 26.0 Å². The summed E-state index contributed by atoms with van der Waals surface area (Å²) in [5.74, 6) is -0.353. The van der Waals surface area contributed by atoms with Gasteiger partial charge in [-0.1, -0.05) is 31.9 Å². The molecule has 1 aliphatic rings. The largest absolute Gasteiger partial charge is 0.466 e. The Labute approximate surface area is 176 Å². The number of aryl methyl sites for hydroxylation is 1. The molecule has 1 fully saturated rings. The van der Waals surface area contributed by atoms with Gasteiger partial charge in [-0.3, -0.25) is 4.79 Å². The average Bonchev–Trinajstić information content (AvgIpc) is 2.65. The minimum Gasteiger partial charge on any atom is -0.466 e. The van der Waals surface area contributed by atoms with Gasteiger partial charge in [-0.2, -0.15) is 0 Å². The van der Waals surface area contributed by atoms with Crippen LogP contribution in [0.5, 0.6) is 0 Å². The van der Waals surface area contributed by atoms with Crippen molar-refractivity contribution in [2.75, 3.05) is 33.8 Å². The molecule has 0 aromatic heterocycles. The van der Waals surface area contributed by atoms with Crippen LogP contribution in [0.4, 0.5) is 0 Å². The summed E-state index contributed by atoms with van der Waals surface area (Å²) in [7, 11) is 0.527. The van der Waals surface area contributed by atoms with Crippen LogP contribution in [0.25, 0.3) is 0 Å². The molecule has 164 valence electrons. The molecule has 0 bridgehead atoms. The Hall–Kier alpha value is -1.44. The predicted molar refractivity (Wildman–Crippen MR) is 115 cm³/mol. The van der Waals surface area contributed by atoms with Crippen molar-refractivity contribution in [1.82, 2.24) is 4.72 Å². The lowest BCUT2D eigenvalue weighted by atomic mass is 9.85. The summed E-state index contributed by atoms with van der Waals surface area (Å²) in [4.78, 5) is 12.5. The lowest BCUT2D eigenvalue weighted by Crippen LogP contribution is -2.60. The summed E-state index contributed by atoms with van der Waals surface area (Å²) in [6, 6.07) is 7.13. The zero-order chi connectivity index (χ0) is 21.5. The molecule has 29 heavy (non-hydrogen) atoms. The standard InChI is InChI=1S/C22H37N2O4S/c1-5-7-8-9-19-10-12-20(13-11-19)29(26,27)23-22(18-21(25)28-6-2)14-16-24(3,4)17-15-22/h10-13,23H,5-9,14-18H2,1-4H3/q+1. The zero-order valence-corrected chi connectivity index (χ0v) is 19.2. The van der Waals surface area contributed by atoms with Crippen LogP contribution in [0.3, 0.4) is 0 Å². The molecular weight excluding hydrogens is 388 g/mol. The molecule has 6 nitrogen and oxygen atoms in total. The quantitative estimate of drug-likeness (QED) is 0.355. The molecule has 0 amide bonds. The van der Waals surface area contributed by atoms with Crippen molar-refractivity contribution in [3.8, 4) is 0 Å². The molecular formula is C22H37N2O4S+. The number of sulfonamides is 1. The van der Waals surface area contributed by atoms with Crippen molar-refractivity contribution >= 4 is 16.0 Å². The second-order valence-corrected chi connectivity index (χ2v) is 10.5. The second kappa shape index (κ2) is 10.0. The molecule has 1 saturated heterocycles. The van der Waals surface area contributed by atoms with Gasteiger partial charge in [0.2, 0.25) is 10.0 Å². The Morgan fingerprint density at radius 3 is 2.28 bits per heavy atom. The second-order valence-electron chi connectivity index (χ2n) is 8.85. The van der Waals surface area contributed by atoms with Gasteiger partial charge in [-0.25, -0.2) is 13.1 Å². The number of nitrogens with one attached hydrogen (secondary N) is 1. The first-order chi connectivity index (χ1) is 13.6. The van der Waals surface area contributed by atoms with Crippen molar-refractivity contribution in [1.29, 1.82) is 0 Å². The number of ether oxygens (including phenoxy) is 1. The molecule has 0 radical (unpaired) electrons. The molecule has 1 heterocycles. The third-order valence-electron chi connectivity index (χ3n) is 5.83. The maximum atomic E-state index is 13.1. The van der Waals surface area contributed by atoms with Crippen molar-refractivity contribution in [2.45, 2.75) is 69.2 Å². The van der Waals surface area contributed by atoms with E-state index >= 15 is 0 Å². The Balaban J connectivity index is 2.16. The Morgan fingerprint density at radius 2 is 1.72 bits per heavy atom. The predicted octanol–water partition coefficient (Wildman–Crippen LogP) is 3.26. The number of nitrogens with zero attached hydrogens (tertiary/aromatic N) is 1. The lowest BCUT2D eigenvalue weighted by Gasteiger charge is -2.44. The van der Waals surface area contributed by atoms with Gasteiger partial charge in [0.05, 0.1) is 50.6 Å². The van der Waals surface area contributed by atoms with Gasteiger partial charge in [0.1, 0.15) is 0 Å². The molecule has 7 heteroatoms. The highest BCUT2D eigenvalue weighted by atomic mass is 32.2. The minimum absolute atomic E-state index is 0.0647. The highest BCUT2D eigenvalue weighted by Crippen LogP contribution is 2.30. The van der Waals surface area contributed by atoms with Crippen LogP contribution >= 0.6 is 0 Å². The number of hydrogen-bond acceptors (Lipinski definition) is 4. The van der Waals surface area contributed by atoms with E-state index in [0.29, 0.717) is 19.4 Å². The number of rotatable bonds is 10. The van der Waals surface area contributed by atoms with Crippen LogP contribution in [0.1, 0.15) is 57.9 Å². The molecule has 1 aromatic rings. The number of benzene rings is 1. The number of quaternary nitrogens is 1. The number of carbonyl (C=O) groups is 1. The topological polar surface area (TPSA) is 72.5 Å². The Bertz CT molecular complexity index is 763. The monoisotopic (exact) mass is 425 g/mol. The summed E-state index contributed by atoms with van der Waals surface area (Å²) in [6.07, 6.45) is 5.68. The van der Waals surface area contributed by atoms with E-state index < -0.39 is 15.6 Å². The summed E-state index contributed by atoms with van der Waals surface area (Å²) in [5, 5.41) is 0. The minimum atomic E-state index is -3.72. The third-order valence-corrected chi connectivity index (χ3v) is 7.43. The lowest BCUT2D eigenvalue weighted by molar-refractivity contribution is -0.896. The van der Waals surface area contributed by atoms with Gasteiger partial charge < -0.3 is 9.22 Å². The van der Waals surface area contributed by atoms with Crippen LogP contribution in [-0.4, -0.2) is 58.2 Å². The van der Waals surface area contributed by atoms with E-state index in [1.54, 1.807) is 19.1 Å². The number of carbonyl (C=O) groups excluding carboxylic acids is 1. The highest BCUT2D eigenvalue weighted by molar-refractivity contribution is 7.89. The van der Waals surface area contributed by atoms with Gasteiger partial charge in [0.25, 0.3) is 0 Å². The molecule has 1 N–H and O–H groups in total. The molecule has 0 saturated carbocycles. The van der Waals surface area contributed by atoms with Crippen LogP contribution in [0.15, 0.2) is 29.2 Å². The summed E-state index contributed by atoms with van der Waals surface area (Å²) in [6.45, 7) is 5.83. The van der Waals surface area contributed by atoms with Crippen LogP contribution < -0.4 is 4.72 Å². The normalized spacial score (nSPS) is 18.3. The number of unbranched alkanes of at least 4 members (excludes halogenated alkanes) is 2. The maximum absolute atomic E-state index is 13.1. The fourth-order valence-corrected chi connectivity index (χ4v) is 5.29. The first kappa shape index (κ1) is 23.8. The van der Waals surface area contributed by atoms with E-state index in [1.807, 2.05) is 12.1 Å². The first-order valence-electron chi connectivity index (χ1n) is 10.7. The molecule has 0 aliphatic carbocycles. The van der Waals surface area contributed by atoms with Gasteiger partial charge >= 0.3 is 5.97 Å². The molecule has 1 aromatic carbocycles. The van der Waals surface area contributed by atoms with Gasteiger partial charge in [0, 0.05) is 12.8 Å². The molecule has 2 rings (SSSR count). The fourth-order valence-electron chi connectivity index (χ4n) is 3.83. The Kier molecular flexibility index (Phi) is 8.26. The summed E-state index contributed by atoms with van der Waals surface area (Å²) < 4.78 is 35.0. The molecule has 0 atom stereocenters. The van der Waals surface area contributed by atoms with E-state index in [1.165, 1.54) is 6.42 Å². The summed E-state index contributed by atoms with van der Waals surface area (Å²) in [5.41, 5.74) is 0.355. The summed E-state index contributed by atoms with van der Waals surface area (Å²) >= 11 is 0. The van der Waals surface area contributed by atoms with Crippen molar-refractivity contribution in [3.63, 3.8) is 0 Å². The van der Waals surface area contributed by atoms with E-state index in [4.69, 9.17) is 4.74 Å². The van der Waals surface area contributed by atoms with Crippen molar-refractivity contribution < 1.29 is 22.4 Å². The molecule has 0 spiro atoms. The Morgan fingerprint density at radius 1 is 1.10 bits per heavy atom. The zero-order valence-electron chi connectivity index (χ0n) is 18.4. The number of esters is 1. The highest BCUT2D eigenvalue weighted by Gasteiger charge is 2.43. The SMILES string of the molecule is CCCCCc1ccc(S(=O)(=O)NC2(CC(=O)OCC)CC[N+](C)(C)CC2)cc1. The first-order valence-corrected chi connectivity index (χ1v) is 12.2. The maximum Gasteiger partial charge on any atom is 0.307 e. The van der Waals surface area contributed by atoms with E-state index in [2.05, 4.69) is 25.7 Å². The van der Waals surface area contributed by atoms with Crippen LogP contribution in [0.2, 0.25) is 0 Å². The van der Waals surface area contributed by atoms with Gasteiger partial charge in [-0.05, 0) is 37.5 Å². The molecule has 0 unspecified atom stereocenters. The number of piperidine rings is 1. The van der Waals surface area contributed by atoms with E-state index in [-0.39, 0.29) is 17.3 Å². The van der Waals surface area contributed by atoms with E-state index in [0.717, 1.165) is 42.4 Å². The molecule has 1 aliphatic heterocycles. The van der Waals surface area contributed by atoms with Crippen LogP contribution in [0, 0.1) is 0 Å². The van der Waals surface area contributed by atoms with Gasteiger partial charge in [-0.15, -0.1) is 0 Å². The van der Waals surface area contributed by atoms with E-state index in [9.17, 15) is 13.2 Å². The van der Waals surface area contributed by atoms with Crippen molar-refractivity contribution in [3.05, 3.63) is 29.8 Å². The number of hydrogen-bond donors (Lipinski definition) is 1. The van der Waals surface area contributed by atoms with Crippen molar-refractivity contribution in [2.24, 2.45) is 0 Å². The number of likely N-dealkylation sites (tertiary alicyclic amines) is 1. The smallest absolute Gasteiger partial charge is 0.307 e. The fraction of sp³-hybridized carbons (Fsp3) is 0.682. The average molecular weight is 426 g/mol. The third kappa shape index (κ3) is 7.08. The van der Waals surface area contributed by atoms with Gasteiger partial charge in [0.15, 0.2) is 0 Å².